The number of anilines is 1. The Morgan fingerprint density at radius 3 is 2.84 bits per heavy atom. The van der Waals surface area contributed by atoms with Gasteiger partial charge in [-0.2, -0.15) is 0 Å². The Bertz CT molecular complexity index is 598. The molecule has 1 aromatic carbocycles. The summed E-state index contributed by atoms with van der Waals surface area (Å²) in [5.41, 5.74) is 1.71. The van der Waals surface area contributed by atoms with Gasteiger partial charge in [-0.3, -0.25) is 4.98 Å². The Morgan fingerprint density at radius 1 is 1.37 bits per heavy atom. The van der Waals surface area contributed by atoms with E-state index in [0.29, 0.717) is 5.11 Å². The van der Waals surface area contributed by atoms with Crippen LogP contribution in [0.1, 0.15) is 13.8 Å². The molecule has 4 nitrogen and oxygen atoms in total. The Morgan fingerprint density at radius 2 is 2.16 bits per heavy atom. The van der Waals surface area contributed by atoms with Gasteiger partial charge in [-0.15, -0.1) is 0 Å². The van der Waals surface area contributed by atoms with Crippen molar-refractivity contribution in [2.45, 2.75) is 19.9 Å². The minimum Gasteiger partial charge on any atom is -0.497 e. The quantitative estimate of drug-likeness (QED) is 0.843. The van der Waals surface area contributed by atoms with E-state index in [1.807, 2.05) is 38.1 Å². The number of thiocarbonyl (C=S) groups is 1. The molecule has 19 heavy (non-hydrogen) atoms. The molecule has 0 fully saturated rings. The van der Waals surface area contributed by atoms with Crippen molar-refractivity contribution in [1.82, 2.24) is 10.3 Å². The molecule has 0 bridgehead atoms. The summed E-state index contributed by atoms with van der Waals surface area (Å²) >= 11 is 5.26. The van der Waals surface area contributed by atoms with E-state index in [4.69, 9.17) is 17.0 Å². The third-order valence-corrected chi connectivity index (χ3v) is 2.80. The first-order valence-electron chi connectivity index (χ1n) is 6.10. The van der Waals surface area contributed by atoms with Crippen molar-refractivity contribution in [1.29, 1.82) is 0 Å². The molecule has 0 amide bonds. The summed E-state index contributed by atoms with van der Waals surface area (Å²) in [5.74, 6) is 0.773. The van der Waals surface area contributed by atoms with Crippen molar-refractivity contribution < 1.29 is 4.74 Å². The maximum atomic E-state index is 5.29. The Hall–Kier alpha value is -1.88. The highest BCUT2D eigenvalue weighted by Crippen LogP contribution is 2.27. The van der Waals surface area contributed by atoms with Gasteiger partial charge in [-0.05, 0) is 38.2 Å². The van der Waals surface area contributed by atoms with Crippen LogP contribution in [0.15, 0.2) is 30.5 Å². The van der Waals surface area contributed by atoms with Crippen LogP contribution in [-0.4, -0.2) is 23.2 Å². The van der Waals surface area contributed by atoms with Crippen LogP contribution in [0.5, 0.6) is 5.75 Å². The van der Waals surface area contributed by atoms with E-state index in [2.05, 4.69) is 15.6 Å². The van der Waals surface area contributed by atoms with Gasteiger partial charge in [0.2, 0.25) is 0 Å². The average Bonchev–Trinajstić information content (AvgIpc) is 2.37. The maximum Gasteiger partial charge on any atom is 0.171 e. The molecule has 0 radical (unpaired) electrons. The molecule has 0 aliphatic carbocycles. The second kappa shape index (κ2) is 5.84. The minimum atomic E-state index is 0.282. The molecule has 0 saturated heterocycles. The number of pyridine rings is 1. The van der Waals surface area contributed by atoms with Gasteiger partial charge in [0.05, 0.1) is 18.3 Å². The molecule has 2 aromatic rings. The third-order valence-electron chi connectivity index (χ3n) is 2.58. The predicted molar refractivity (Wildman–Crippen MR) is 82.8 cm³/mol. The predicted octanol–water partition coefficient (Wildman–Crippen LogP) is 2.94. The average molecular weight is 275 g/mol. The van der Waals surface area contributed by atoms with Crippen molar-refractivity contribution in [3.05, 3.63) is 30.5 Å². The molecular weight excluding hydrogens is 258 g/mol. The van der Waals surface area contributed by atoms with Crippen LogP contribution >= 0.6 is 12.2 Å². The topological polar surface area (TPSA) is 46.2 Å². The molecule has 0 aliphatic rings. The molecular formula is C14H17N3OS. The smallest absolute Gasteiger partial charge is 0.171 e. The van der Waals surface area contributed by atoms with E-state index in [0.717, 1.165) is 22.3 Å². The van der Waals surface area contributed by atoms with Crippen LogP contribution in [0.3, 0.4) is 0 Å². The first-order chi connectivity index (χ1) is 9.10. The van der Waals surface area contributed by atoms with E-state index in [-0.39, 0.29) is 6.04 Å². The van der Waals surface area contributed by atoms with Gasteiger partial charge >= 0.3 is 0 Å². The molecule has 0 unspecified atom stereocenters. The van der Waals surface area contributed by atoms with Crippen molar-refractivity contribution in [3.8, 4) is 5.75 Å². The number of hydrogen-bond acceptors (Lipinski definition) is 3. The minimum absolute atomic E-state index is 0.282. The molecule has 2 rings (SSSR count). The number of methoxy groups -OCH3 is 1. The van der Waals surface area contributed by atoms with E-state index in [1.165, 1.54) is 0 Å². The van der Waals surface area contributed by atoms with E-state index in [9.17, 15) is 0 Å². The molecule has 0 atom stereocenters. The highest BCUT2D eigenvalue weighted by molar-refractivity contribution is 7.80. The number of fused-ring (bicyclic) bond motifs is 1. The van der Waals surface area contributed by atoms with E-state index >= 15 is 0 Å². The third kappa shape index (κ3) is 3.32. The summed E-state index contributed by atoms with van der Waals surface area (Å²) in [6, 6.07) is 8.02. The highest BCUT2D eigenvalue weighted by Gasteiger charge is 2.07. The fraction of sp³-hybridized carbons (Fsp3) is 0.286. The van der Waals surface area contributed by atoms with Gasteiger partial charge in [0.15, 0.2) is 5.11 Å². The number of nitrogens with zero attached hydrogens (tertiary/aromatic N) is 1. The van der Waals surface area contributed by atoms with E-state index in [1.54, 1.807) is 13.3 Å². The number of aromatic nitrogens is 1. The molecule has 1 aromatic heterocycles. The normalized spacial score (nSPS) is 10.5. The zero-order valence-corrected chi connectivity index (χ0v) is 12.0. The van der Waals surface area contributed by atoms with Gasteiger partial charge in [0, 0.05) is 23.7 Å². The largest absolute Gasteiger partial charge is 0.497 e. The monoisotopic (exact) mass is 275 g/mol. The molecule has 5 heteroatoms. The number of nitrogens with one attached hydrogen (secondary N) is 2. The van der Waals surface area contributed by atoms with Crippen LogP contribution in [0.4, 0.5) is 5.69 Å². The standard InChI is InChI=1S/C14H17N3OS/c1-9(2)16-14(19)17-12-8-11(18-3)7-10-5-4-6-15-13(10)12/h4-9H,1-3H3,(H2,16,17,19). The Balaban J connectivity index is 2.37. The highest BCUT2D eigenvalue weighted by atomic mass is 32.1. The van der Waals surface area contributed by atoms with E-state index < -0.39 is 0 Å². The van der Waals surface area contributed by atoms with Gasteiger partial charge in [0.25, 0.3) is 0 Å². The van der Waals surface area contributed by atoms with Crippen LogP contribution in [0, 0.1) is 0 Å². The number of hydrogen-bond donors (Lipinski definition) is 2. The Kier molecular flexibility index (Phi) is 4.16. The van der Waals surface area contributed by atoms with Crippen LogP contribution in [0.2, 0.25) is 0 Å². The molecule has 100 valence electrons. The van der Waals surface area contributed by atoms with Crippen LogP contribution in [-0.2, 0) is 0 Å². The van der Waals surface area contributed by atoms with Gasteiger partial charge in [0.1, 0.15) is 5.75 Å². The summed E-state index contributed by atoms with van der Waals surface area (Å²) in [6.45, 7) is 4.08. The summed E-state index contributed by atoms with van der Waals surface area (Å²) in [4.78, 5) is 4.38. The summed E-state index contributed by atoms with van der Waals surface area (Å²) in [7, 11) is 1.64. The number of rotatable bonds is 3. The lowest BCUT2D eigenvalue weighted by Crippen LogP contribution is -2.34. The molecule has 2 N–H and O–H groups in total. The fourth-order valence-electron chi connectivity index (χ4n) is 1.80. The SMILES string of the molecule is COc1cc(NC(=S)NC(C)C)c2ncccc2c1. The summed E-state index contributed by atoms with van der Waals surface area (Å²) < 4.78 is 5.29. The summed E-state index contributed by atoms with van der Waals surface area (Å²) in [5, 5.41) is 7.90. The first kappa shape index (κ1) is 13.5. The second-order valence-electron chi connectivity index (χ2n) is 4.50. The summed E-state index contributed by atoms with van der Waals surface area (Å²) in [6.07, 6.45) is 1.76. The van der Waals surface area contributed by atoms with Crippen LogP contribution < -0.4 is 15.4 Å². The van der Waals surface area contributed by atoms with Crippen molar-refractivity contribution >= 4 is 33.9 Å². The molecule has 0 aliphatic heterocycles. The molecule has 0 spiro atoms. The van der Waals surface area contributed by atoms with Crippen molar-refractivity contribution in [3.63, 3.8) is 0 Å². The van der Waals surface area contributed by atoms with Crippen LogP contribution in [0.25, 0.3) is 10.9 Å². The zero-order chi connectivity index (χ0) is 13.8. The number of benzene rings is 1. The maximum absolute atomic E-state index is 5.29. The fourth-order valence-corrected chi connectivity index (χ4v) is 2.14. The first-order valence-corrected chi connectivity index (χ1v) is 6.51. The lowest BCUT2D eigenvalue weighted by Gasteiger charge is -2.15. The number of ether oxygens (including phenoxy) is 1. The van der Waals surface area contributed by atoms with Gasteiger partial charge in [-0.25, -0.2) is 0 Å². The Labute approximate surface area is 118 Å². The zero-order valence-electron chi connectivity index (χ0n) is 11.2. The van der Waals surface area contributed by atoms with Gasteiger partial charge < -0.3 is 15.4 Å². The lowest BCUT2D eigenvalue weighted by molar-refractivity contribution is 0.415. The second-order valence-corrected chi connectivity index (χ2v) is 4.91. The van der Waals surface area contributed by atoms with Gasteiger partial charge in [-0.1, -0.05) is 6.07 Å². The molecule has 0 saturated carbocycles. The lowest BCUT2D eigenvalue weighted by atomic mass is 10.2. The van der Waals surface area contributed by atoms with Crippen molar-refractivity contribution in [2.75, 3.05) is 12.4 Å². The van der Waals surface area contributed by atoms with Crippen molar-refractivity contribution in [2.24, 2.45) is 0 Å². The molecule has 1 heterocycles.